The Bertz CT molecular complexity index is 412. The lowest BCUT2D eigenvalue weighted by Crippen LogP contribution is -2.60. The molecule has 0 amide bonds. The molecule has 90 valence electrons. The molecule has 0 aromatic heterocycles. The molecule has 3 aliphatic rings. The third-order valence-electron chi connectivity index (χ3n) is 5.02. The third kappa shape index (κ3) is 1.47. The summed E-state index contributed by atoms with van der Waals surface area (Å²) >= 11 is 0. The van der Waals surface area contributed by atoms with Gasteiger partial charge in [-0.15, -0.1) is 0 Å². The quantitative estimate of drug-likeness (QED) is 0.858. The molecule has 1 heterocycles. The zero-order chi connectivity index (χ0) is 11.3. The first-order valence-corrected chi connectivity index (χ1v) is 6.75. The van der Waals surface area contributed by atoms with Crippen LogP contribution in [0.15, 0.2) is 30.3 Å². The molecular formula is C15H19NO. The largest absolute Gasteiger partial charge is 0.373 e. The van der Waals surface area contributed by atoms with Crippen LogP contribution in [-0.4, -0.2) is 19.2 Å². The smallest absolute Gasteiger partial charge is 0.0720 e. The van der Waals surface area contributed by atoms with Gasteiger partial charge >= 0.3 is 0 Å². The average Bonchev–Trinajstić information content (AvgIpc) is 2.99. The van der Waals surface area contributed by atoms with Gasteiger partial charge in [0.05, 0.1) is 12.7 Å². The Labute approximate surface area is 102 Å². The van der Waals surface area contributed by atoms with Crippen LogP contribution in [0.5, 0.6) is 0 Å². The van der Waals surface area contributed by atoms with Crippen LogP contribution in [-0.2, 0) is 11.3 Å². The van der Waals surface area contributed by atoms with Gasteiger partial charge < -0.3 is 10.1 Å². The fourth-order valence-corrected chi connectivity index (χ4v) is 3.87. The van der Waals surface area contributed by atoms with Crippen LogP contribution in [0.1, 0.15) is 18.4 Å². The van der Waals surface area contributed by atoms with E-state index in [1.807, 2.05) is 0 Å². The third-order valence-corrected chi connectivity index (χ3v) is 5.02. The lowest BCUT2D eigenvalue weighted by atomic mass is 9.74. The molecule has 3 atom stereocenters. The van der Waals surface area contributed by atoms with Crippen molar-refractivity contribution in [1.29, 1.82) is 0 Å². The van der Waals surface area contributed by atoms with Gasteiger partial charge in [-0.25, -0.2) is 0 Å². The number of ether oxygens (including phenoxy) is 1. The SMILES string of the molecule is c1ccc(COC2CC3CC3C23CNC3)cc1. The Morgan fingerprint density at radius 3 is 2.71 bits per heavy atom. The first-order valence-electron chi connectivity index (χ1n) is 6.75. The average molecular weight is 229 g/mol. The summed E-state index contributed by atoms with van der Waals surface area (Å²) in [5.74, 6) is 1.96. The molecule has 4 rings (SSSR count). The number of fused-ring (bicyclic) bond motifs is 2. The van der Waals surface area contributed by atoms with Gasteiger partial charge in [0.25, 0.3) is 0 Å². The molecule has 1 aromatic carbocycles. The summed E-state index contributed by atoms with van der Waals surface area (Å²) in [5, 5.41) is 3.45. The highest BCUT2D eigenvalue weighted by molar-refractivity contribution is 5.18. The summed E-state index contributed by atoms with van der Waals surface area (Å²) in [6.45, 7) is 3.16. The van der Waals surface area contributed by atoms with Crippen molar-refractivity contribution in [3.8, 4) is 0 Å². The molecule has 0 bridgehead atoms. The molecule has 1 aromatic rings. The van der Waals surface area contributed by atoms with Gasteiger partial charge in [-0.05, 0) is 30.2 Å². The first kappa shape index (κ1) is 10.1. The van der Waals surface area contributed by atoms with Crippen molar-refractivity contribution in [2.24, 2.45) is 17.3 Å². The van der Waals surface area contributed by atoms with E-state index in [4.69, 9.17) is 4.74 Å². The van der Waals surface area contributed by atoms with Gasteiger partial charge in [-0.2, -0.15) is 0 Å². The van der Waals surface area contributed by atoms with E-state index in [9.17, 15) is 0 Å². The Morgan fingerprint density at radius 2 is 2.00 bits per heavy atom. The summed E-state index contributed by atoms with van der Waals surface area (Å²) in [7, 11) is 0. The molecule has 3 fully saturated rings. The summed E-state index contributed by atoms with van der Waals surface area (Å²) < 4.78 is 6.21. The zero-order valence-electron chi connectivity index (χ0n) is 10.1. The van der Waals surface area contributed by atoms with Gasteiger partial charge in [-0.3, -0.25) is 0 Å². The first-order chi connectivity index (χ1) is 8.38. The fraction of sp³-hybridized carbons (Fsp3) is 0.600. The Kier molecular flexibility index (Phi) is 2.12. The van der Waals surface area contributed by atoms with Crippen molar-refractivity contribution in [2.45, 2.75) is 25.6 Å². The van der Waals surface area contributed by atoms with Gasteiger partial charge in [0.2, 0.25) is 0 Å². The maximum Gasteiger partial charge on any atom is 0.0720 e. The van der Waals surface area contributed by atoms with E-state index in [0.29, 0.717) is 11.5 Å². The normalized spacial score (nSPS) is 36.6. The summed E-state index contributed by atoms with van der Waals surface area (Å²) in [4.78, 5) is 0. The molecule has 2 heteroatoms. The topological polar surface area (TPSA) is 21.3 Å². The molecule has 1 saturated heterocycles. The molecule has 2 aliphatic carbocycles. The van der Waals surface area contributed by atoms with Crippen molar-refractivity contribution in [3.05, 3.63) is 35.9 Å². The molecule has 2 saturated carbocycles. The van der Waals surface area contributed by atoms with Crippen molar-refractivity contribution in [1.82, 2.24) is 5.32 Å². The van der Waals surface area contributed by atoms with Crippen molar-refractivity contribution in [2.75, 3.05) is 13.1 Å². The summed E-state index contributed by atoms with van der Waals surface area (Å²) in [5.41, 5.74) is 1.81. The second-order valence-electron chi connectivity index (χ2n) is 5.96. The molecule has 17 heavy (non-hydrogen) atoms. The van der Waals surface area contributed by atoms with E-state index < -0.39 is 0 Å². The molecule has 1 N–H and O–H groups in total. The highest BCUT2D eigenvalue weighted by Crippen LogP contribution is 2.64. The van der Waals surface area contributed by atoms with Crippen LogP contribution in [0.2, 0.25) is 0 Å². The van der Waals surface area contributed by atoms with Crippen molar-refractivity contribution in [3.63, 3.8) is 0 Å². The van der Waals surface area contributed by atoms with E-state index in [2.05, 4.69) is 35.6 Å². The van der Waals surface area contributed by atoms with Gasteiger partial charge in [-0.1, -0.05) is 30.3 Å². The number of rotatable bonds is 3. The van der Waals surface area contributed by atoms with Gasteiger partial charge in [0, 0.05) is 18.5 Å². The Hall–Kier alpha value is -0.860. The second-order valence-corrected chi connectivity index (χ2v) is 5.96. The van der Waals surface area contributed by atoms with Crippen molar-refractivity contribution >= 4 is 0 Å². The van der Waals surface area contributed by atoms with E-state index in [-0.39, 0.29) is 0 Å². The van der Waals surface area contributed by atoms with E-state index >= 15 is 0 Å². The monoisotopic (exact) mass is 229 g/mol. The predicted octanol–water partition coefficient (Wildman–Crippen LogP) is 2.20. The number of hydrogen-bond acceptors (Lipinski definition) is 2. The molecule has 2 nitrogen and oxygen atoms in total. The van der Waals surface area contributed by atoms with Crippen LogP contribution < -0.4 is 5.32 Å². The predicted molar refractivity (Wildman–Crippen MR) is 66.5 cm³/mol. The molecular weight excluding hydrogens is 210 g/mol. The van der Waals surface area contributed by atoms with Gasteiger partial charge in [0.15, 0.2) is 0 Å². The maximum absolute atomic E-state index is 6.21. The van der Waals surface area contributed by atoms with Crippen LogP contribution in [0, 0.1) is 17.3 Å². The van der Waals surface area contributed by atoms with Crippen LogP contribution in [0.3, 0.4) is 0 Å². The van der Waals surface area contributed by atoms with Crippen molar-refractivity contribution < 1.29 is 4.74 Å². The number of hydrogen-bond donors (Lipinski definition) is 1. The zero-order valence-corrected chi connectivity index (χ0v) is 10.1. The van der Waals surface area contributed by atoms with Crippen LogP contribution in [0.25, 0.3) is 0 Å². The summed E-state index contributed by atoms with van der Waals surface area (Å²) in [6.07, 6.45) is 3.28. The van der Waals surface area contributed by atoms with E-state index in [1.165, 1.54) is 31.5 Å². The van der Waals surface area contributed by atoms with Crippen LogP contribution in [0.4, 0.5) is 0 Å². The minimum absolute atomic E-state index is 0.507. The lowest BCUT2D eigenvalue weighted by Gasteiger charge is -2.46. The highest BCUT2D eigenvalue weighted by Gasteiger charge is 2.65. The van der Waals surface area contributed by atoms with E-state index in [1.54, 1.807) is 0 Å². The molecule has 0 radical (unpaired) electrons. The highest BCUT2D eigenvalue weighted by atomic mass is 16.5. The van der Waals surface area contributed by atoms with Gasteiger partial charge in [0.1, 0.15) is 0 Å². The molecule has 1 spiro atoms. The maximum atomic E-state index is 6.21. The van der Waals surface area contributed by atoms with E-state index in [0.717, 1.165) is 18.4 Å². The summed E-state index contributed by atoms with van der Waals surface area (Å²) in [6, 6.07) is 10.5. The lowest BCUT2D eigenvalue weighted by molar-refractivity contribution is -0.0707. The number of benzene rings is 1. The Balaban J connectivity index is 1.43. The Morgan fingerprint density at radius 1 is 1.18 bits per heavy atom. The standard InChI is InChI=1S/C15H19NO/c1-2-4-11(5-3-1)8-17-14-7-12-6-13(12)15(14)9-16-10-15/h1-5,12-14,16H,6-10H2. The fourth-order valence-electron chi connectivity index (χ4n) is 3.87. The van der Waals surface area contributed by atoms with Crippen LogP contribution >= 0.6 is 0 Å². The second kappa shape index (κ2) is 3.56. The molecule has 1 aliphatic heterocycles. The minimum Gasteiger partial charge on any atom is -0.373 e. The molecule has 3 unspecified atom stereocenters. The minimum atomic E-state index is 0.507. The number of nitrogens with one attached hydrogen (secondary N) is 1.